The van der Waals surface area contributed by atoms with Gasteiger partial charge in [0, 0.05) is 5.56 Å². The fourth-order valence-corrected chi connectivity index (χ4v) is 2.72. The van der Waals surface area contributed by atoms with Gasteiger partial charge < -0.3 is 10.3 Å². The van der Waals surface area contributed by atoms with Crippen LogP contribution in [-0.4, -0.2) is 10.1 Å². The van der Waals surface area contributed by atoms with Crippen molar-refractivity contribution >= 4 is 0 Å². The van der Waals surface area contributed by atoms with Crippen molar-refractivity contribution in [3.63, 3.8) is 0 Å². The fourth-order valence-electron chi connectivity index (χ4n) is 2.72. The number of aromatic nitrogens is 2. The van der Waals surface area contributed by atoms with Crippen LogP contribution in [0.15, 0.2) is 28.8 Å². The van der Waals surface area contributed by atoms with E-state index in [1.54, 1.807) is 0 Å². The number of aryl methyl sites for hydroxylation is 1. The number of hydrogen-bond acceptors (Lipinski definition) is 4. The minimum absolute atomic E-state index is 0.423. The van der Waals surface area contributed by atoms with E-state index in [0.29, 0.717) is 11.7 Å². The Balaban J connectivity index is 1.91. The highest BCUT2D eigenvalue weighted by Gasteiger charge is 2.35. The van der Waals surface area contributed by atoms with E-state index in [9.17, 15) is 0 Å². The van der Waals surface area contributed by atoms with E-state index in [1.807, 2.05) is 12.1 Å². The van der Waals surface area contributed by atoms with Crippen LogP contribution in [-0.2, 0) is 5.54 Å². The highest BCUT2D eigenvalue weighted by atomic mass is 16.5. The molecule has 1 heterocycles. The second-order valence-electron chi connectivity index (χ2n) is 5.51. The first-order valence-corrected chi connectivity index (χ1v) is 6.87. The molecule has 2 N–H and O–H groups in total. The van der Waals surface area contributed by atoms with Crippen molar-refractivity contribution in [3.05, 3.63) is 35.7 Å². The van der Waals surface area contributed by atoms with Gasteiger partial charge in [-0.25, -0.2) is 0 Å². The average Bonchev–Trinajstić information content (AvgIpc) is 2.90. The molecule has 0 radical (unpaired) electrons. The van der Waals surface area contributed by atoms with Crippen LogP contribution in [0.1, 0.15) is 43.6 Å². The van der Waals surface area contributed by atoms with Gasteiger partial charge in [0.25, 0.3) is 0 Å². The Hall–Kier alpha value is -1.68. The maximum atomic E-state index is 6.41. The average molecular weight is 257 g/mol. The molecule has 0 amide bonds. The third kappa shape index (κ3) is 2.40. The lowest BCUT2D eigenvalue weighted by atomic mass is 9.82. The van der Waals surface area contributed by atoms with Crippen LogP contribution >= 0.6 is 0 Å². The van der Waals surface area contributed by atoms with Crippen LogP contribution in [0, 0.1) is 6.92 Å². The zero-order valence-electron chi connectivity index (χ0n) is 11.2. The van der Waals surface area contributed by atoms with Gasteiger partial charge in [-0.1, -0.05) is 48.2 Å². The normalized spacial score (nSPS) is 18.4. The molecule has 1 aromatic heterocycles. The molecule has 19 heavy (non-hydrogen) atoms. The summed E-state index contributed by atoms with van der Waals surface area (Å²) in [6.07, 6.45) is 5.39. The predicted octanol–water partition coefficient (Wildman–Crippen LogP) is 3.16. The van der Waals surface area contributed by atoms with E-state index in [2.05, 4.69) is 29.2 Å². The van der Waals surface area contributed by atoms with Gasteiger partial charge >= 0.3 is 0 Å². The van der Waals surface area contributed by atoms with Gasteiger partial charge in [0.05, 0.1) is 5.54 Å². The first kappa shape index (κ1) is 12.4. The van der Waals surface area contributed by atoms with Gasteiger partial charge in [-0.15, -0.1) is 0 Å². The molecule has 1 fully saturated rings. The third-order valence-electron chi connectivity index (χ3n) is 3.87. The summed E-state index contributed by atoms with van der Waals surface area (Å²) >= 11 is 0. The Morgan fingerprint density at radius 1 is 1.21 bits per heavy atom. The summed E-state index contributed by atoms with van der Waals surface area (Å²) in [5, 5.41) is 4.08. The van der Waals surface area contributed by atoms with E-state index in [0.717, 1.165) is 31.2 Å². The topological polar surface area (TPSA) is 64.9 Å². The monoisotopic (exact) mass is 257 g/mol. The van der Waals surface area contributed by atoms with Crippen LogP contribution in [0.5, 0.6) is 0 Å². The number of benzene rings is 1. The van der Waals surface area contributed by atoms with Crippen molar-refractivity contribution in [1.82, 2.24) is 10.1 Å². The zero-order valence-corrected chi connectivity index (χ0v) is 11.2. The first-order valence-electron chi connectivity index (χ1n) is 6.87. The molecule has 100 valence electrons. The zero-order chi connectivity index (χ0) is 13.3. The molecule has 0 unspecified atom stereocenters. The van der Waals surface area contributed by atoms with Crippen molar-refractivity contribution < 1.29 is 4.52 Å². The van der Waals surface area contributed by atoms with Crippen LogP contribution in [0.2, 0.25) is 0 Å². The summed E-state index contributed by atoms with van der Waals surface area (Å²) in [4.78, 5) is 4.51. The molecule has 2 aromatic rings. The first-order chi connectivity index (χ1) is 9.17. The lowest BCUT2D eigenvalue weighted by Gasteiger charge is -2.29. The van der Waals surface area contributed by atoms with Gasteiger partial charge in [0.1, 0.15) is 0 Å². The molecule has 1 aromatic carbocycles. The Morgan fingerprint density at radius 3 is 2.74 bits per heavy atom. The molecule has 1 aliphatic rings. The Kier molecular flexibility index (Phi) is 3.11. The van der Waals surface area contributed by atoms with Crippen LogP contribution < -0.4 is 5.73 Å². The van der Waals surface area contributed by atoms with Gasteiger partial charge in [0.15, 0.2) is 0 Å². The highest BCUT2D eigenvalue weighted by Crippen LogP contribution is 2.34. The summed E-state index contributed by atoms with van der Waals surface area (Å²) in [6.45, 7) is 2.05. The molecular formula is C15H19N3O. The quantitative estimate of drug-likeness (QED) is 0.897. The largest absolute Gasteiger partial charge is 0.337 e. The second kappa shape index (κ2) is 4.78. The Labute approximate surface area is 113 Å². The van der Waals surface area contributed by atoms with Crippen molar-refractivity contribution in [1.29, 1.82) is 0 Å². The van der Waals surface area contributed by atoms with Crippen LogP contribution in [0.4, 0.5) is 0 Å². The molecule has 3 rings (SSSR count). The van der Waals surface area contributed by atoms with E-state index in [-0.39, 0.29) is 0 Å². The number of nitrogens with zero attached hydrogens (tertiary/aromatic N) is 2. The summed E-state index contributed by atoms with van der Waals surface area (Å²) in [6, 6.07) is 8.10. The van der Waals surface area contributed by atoms with Crippen molar-refractivity contribution in [2.45, 2.75) is 44.6 Å². The van der Waals surface area contributed by atoms with E-state index < -0.39 is 5.54 Å². The van der Waals surface area contributed by atoms with Crippen LogP contribution in [0.3, 0.4) is 0 Å². The van der Waals surface area contributed by atoms with Crippen LogP contribution in [0.25, 0.3) is 11.4 Å². The molecule has 1 saturated carbocycles. The SMILES string of the molecule is Cc1cccc(-c2noc(C3(N)CCCCC3)n2)c1. The van der Waals surface area contributed by atoms with Crippen molar-refractivity contribution in [2.24, 2.45) is 5.73 Å². The van der Waals surface area contributed by atoms with Crippen molar-refractivity contribution in [3.8, 4) is 11.4 Å². The minimum Gasteiger partial charge on any atom is -0.337 e. The number of nitrogens with two attached hydrogens (primary N) is 1. The molecule has 4 nitrogen and oxygen atoms in total. The third-order valence-corrected chi connectivity index (χ3v) is 3.87. The van der Waals surface area contributed by atoms with E-state index >= 15 is 0 Å². The molecule has 0 atom stereocenters. The summed E-state index contributed by atoms with van der Waals surface area (Å²) in [5.74, 6) is 1.22. The summed E-state index contributed by atoms with van der Waals surface area (Å²) < 4.78 is 5.42. The molecule has 0 bridgehead atoms. The molecule has 1 aliphatic carbocycles. The smallest absolute Gasteiger partial charge is 0.247 e. The number of rotatable bonds is 2. The maximum Gasteiger partial charge on any atom is 0.247 e. The minimum atomic E-state index is -0.423. The van der Waals surface area contributed by atoms with E-state index in [1.165, 1.54) is 12.0 Å². The Bertz CT molecular complexity index is 570. The van der Waals surface area contributed by atoms with Gasteiger partial charge in [-0.2, -0.15) is 4.98 Å². The van der Waals surface area contributed by atoms with Gasteiger partial charge in [-0.05, 0) is 25.8 Å². The molecule has 0 aliphatic heterocycles. The lowest BCUT2D eigenvalue weighted by Crippen LogP contribution is -2.38. The maximum absolute atomic E-state index is 6.41. The molecule has 0 spiro atoms. The number of hydrogen-bond donors (Lipinski definition) is 1. The lowest BCUT2D eigenvalue weighted by molar-refractivity contribution is 0.220. The predicted molar refractivity (Wildman–Crippen MR) is 73.4 cm³/mol. The van der Waals surface area contributed by atoms with Gasteiger partial charge in [0.2, 0.25) is 11.7 Å². The van der Waals surface area contributed by atoms with E-state index in [4.69, 9.17) is 10.3 Å². The summed E-state index contributed by atoms with van der Waals surface area (Å²) in [5.41, 5.74) is 8.15. The fraction of sp³-hybridized carbons (Fsp3) is 0.467. The Morgan fingerprint density at radius 2 is 2.00 bits per heavy atom. The standard InChI is InChI=1S/C15H19N3O/c1-11-6-5-7-12(10-11)13-17-14(19-18-13)15(16)8-3-2-4-9-15/h5-7,10H,2-4,8-9,16H2,1H3. The highest BCUT2D eigenvalue weighted by molar-refractivity contribution is 5.55. The molecule has 0 saturated heterocycles. The van der Waals surface area contributed by atoms with Gasteiger partial charge in [-0.3, -0.25) is 0 Å². The molecule has 4 heteroatoms. The second-order valence-corrected chi connectivity index (χ2v) is 5.51. The molecular weight excluding hydrogens is 238 g/mol. The summed E-state index contributed by atoms with van der Waals surface area (Å²) in [7, 11) is 0. The van der Waals surface area contributed by atoms with Crippen molar-refractivity contribution in [2.75, 3.05) is 0 Å².